The van der Waals surface area contributed by atoms with Crippen molar-refractivity contribution in [3.8, 4) is 0 Å². The Balaban J connectivity index is 1.93. The number of benzene rings is 1. The van der Waals surface area contributed by atoms with E-state index in [1.54, 1.807) is 11.3 Å². The number of anilines is 1. The summed E-state index contributed by atoms with van der Waals surface area (Å²) in [4.78, 5) is 5.22. The summed E-state index contributed by atoms with van der Waals surface area (Å²) in [6.07, 6.45) is 1.86. The summed E-state index contributed by atoms with van der Waals surface area (Å²) < 4.78 is 0. The Morgan fingerprint density at radius 2 is 2.07 bits per heavy atom. The summed E-state index contributed by atoms with van der Waals surface area (Å²) in [5.74, 6) is 0. The smallest absolute Gasteiger partial charge is 0.0794 e. The van der Waals surface area contributed by atoms with Gasteiger partial charge in [0, 0.05) is 16.8 Å². The summed E-state index contributed by atoms with van der Waals surface area (Å²) in [6, 6.07) is 7.75. The lowest BCUT2D eigenvalue weighted by Crippen LogP contribution is -1.97. The van der Waals surface area contributed by atoms with Crippen LogP contribution in [0.15, 0.2) is 36.0 Å². The second-order valence-corrected chi connectivity index (χ2v) is 4.15. The first-order valence-electron chi connectivity index (χ1n) is 4.69. The van der Waals surface area contributed by atoms with E-state index in [4.69, 9.17) is 5.11 Å². The quantitative estimate of drug-likeness (QED) is 0.830. The van der Waals surface area contributed by atoms with E-state index in [1.807, 2.05) is 36.0 Å². The van der Waals surface area contributed by atoms with Crippen LogP contribution in [0.25, 0.3) is 0 Å². The second kappa shape index (κ2) is 4.91. The van der Waals surface area contributed by atoms with E-state index in [9.17, 15) is 0 Å². The fraction of sp³-hybridized carbons (Fsp3) is 0.182. The minimum Gasteiger partial charge on any atom is -0.392 e. The molecule has 1 aromatic carbocycles. The monoisotopic (exact) mass is 220 g/mol. The third-order valence-corrected chi connectivity index (χ3v) is 2.87. The molecule has 4 heteroatoms. The molecule has 78 valence electrons. The number of hydrogen-bond donors (Lipinski definition) is 2. The molecule has 0 saturated carbocycles. The normalized spacial score (nSPS) is 10.2. The summed E-state index contributed by atoms with van der Waals surface area (Å²) in [5.41, 5.74) is 3.81. The van der Waals surface area contributed by atoms with Crippen LogP contribution in [0.5, 0.6) is 0 Å². The Morgan fingerprint density at radius 3 is 2.67 bits per heavy atom. The summed E-state index contributed by atoms with van der Waals surface area (Å²) in [6.45, 7) is 0.887. The number of aliphatic hydroxyl groups is 1. The van der Waals surface area contributed by atoms with Gasteiger partial charge in [-0.05, 0) is 17.7 Å². The molecule has 0 aliphatic rings. The molecule has 0 fully saturated rings. The minimum absolute atomic E-state index is 0.0924. The molecule has 2 rings (SSSR count). The van der Waals surface area contributed by atoms with Gasteiger partial charge in [0.25, 0.3) is 0 Å². The third kappa shape index (κ3) is 2.78. The fourth-order valence-corrected chi connectivity index (χ4v) is 1.78. The zero-order valence-corrected chi connectivity index (χ0v) is 9.00. The minimum atomic E-state index is 0.0924. The molecule has 2 aromatic rings. The van der Waals surface area contributed by atoms with E-state index in [1.165, 1.54) is 4.88 Å². The van der Waals surface area contributed by atoms with Crippen molar-refractivity contribution in [2.24, 2.45) is 0 Å². The van der Waals surface area contributed by atoms with Crippen LogP contribution >= 0.6 is 11.3 Å². The Hall–Kier alpha value is -1.39. The highest BCUT2D eigenvalue weighted by Crippen LogP contribution is 2.12. The molecule has 0 spiro atoms. The summed E-state index contributed by atoms with van der Waals surface area (Å²) in [5, 5.41) is 12.2. The molecule has 1 aromatic heterocycles. The zero-order chi connectivity index (χ0) is 10.5. The number of rotatable bonds is 4. The molecule has 1 heterocycles. The largest absolute Gasteiger partial charge is 0.392 e. The molecule has 0 bridgehead atoms. The molecular weight excluding hydrogens is 208 g/mol. The van der Waals surface area contributed by atoms with Crippen molar-refractivity contribution in [1.82, 2.24) is 4.98 Å². The lowest BCUT2D eigenvalue weighted by molar-refractivity contribution is 0.282. The molecule has 0 unspecified atom stereocenters. The van der Waals surface area contributed by atoms with Gasteiger partial charge < -0.3 is 10.4 Å². The van der Waals surface area contributed by atoms with Crippen LogP contribution in [0.2, 0.25) is 0 Å². The van der Waals surface area contributed by atoms with Crippen LogP contribution in [0.1, 0.15) is 10.4 Å². The average Bonchev–Trinajstić information content (AvgIpc) is 2.80. The van der Waals surface area contributed by atoms with Gasteiger partial charge in [0.2, 0.25) is 0 Å². The highest BCUT2D eigenvalue weighted by Gasteiger charge is 1.95. The van der Waals surface area contributed by atoms with E-state index < -0.39 is 0 Å². The second-order valence-electron chi connectivity index (χ2n) is 3.18. The Labute approximate surface area is 92.4 Å². The Morgan fingerprint density at radius 1 is 1.27 bits per heavy atom. The van der Waals surface area contributed by atoms with Crippen LogP contribution in [0.4, 0.5) is 5.69 Å². The van der Waals surface area contributed by atoms with Crippen molar-refractivity contribution in [2.45, 2.75) is 13.2 Å². The van der Waals surface area contributed by atoms with Gasteiger partial charge in [0.05, 0.1) is 18.7 Å². The van der Waals surface area contributed by atoms with Gasteiger partial charge in [-0.15, -0.1) is 11.3 Å². The number of aromatic nitrogens is 1. The van der Waals surface area contributed by atoms with E-state index >= 15 is 0 Å². The van der Waals surface area contributed by atoms with Crippen molar-refractivity contribution < 1.29 is 5.11 Å². The Kier molecular flexibility index (Phi) is 3.32. The molecule has 0 saturated heterocycles. The van der Waals surface area contributed by atoms with Gasteiger partial charge in [0.1, 0.15) is 0 Å². The highest BCUT2D eigenvalue weighted by atomic mass is 32.1. The predicted molar refractivity (Wildman–Crippen MR) is 61.8 cm³/mol. The maximum Gasteiger partial charge on any atom is 0.0794 e. The van der Waals surface area contributed by atoms with E-state index in [-0.39, 0.29) is 6.61 Å². The van der Waals surface area contributed by atoms with Crippen molar-refractivity contribution >= 4 is 17.0 Å². The van der Waals surface area contributed by atoms with E-state index in [0.717, 1.165) is 17.8 Å². The van der Waals surface area contributed by atoms with Gasteiger partial charge in [-0.1, -0.05) is 12.1 Å². The zero-order valence-electron chi connectivity index (χ0n) is 8.18. The maximum atomic E-state index is 8.88. The molecule has 0 radical (unpaired) electrons. The first-order chi connectivity index (χ1) is 7.38. The van der Waals surface area contributed by atoms with Crippen LogP contribution < -0.4 is 5.32 Å². The van der Waals surface area contributed by atoms with Gasteiger partial charge in [-0.25, -0.2) is 0 Å². The first-order valence-corrected chi connectivity index (χ1v) is 5.57. The molecule has 0 amide bonds. The molecule has 0 aliphatic carbocycles. The van der Waals surface area contributed by atoms with Crippen molar-refractivity contribution in [2.75, 3.05) is 5.32 Å². The number of aliphatic hydroxyl groups excluding tert-OH is 1. The van der Waals surface area contributed by atoms with Gasteiger partial charge in [0.15, 0.2) is 0 Å². The first kappa shape index (κ1) is 10.1. The van der Waals surface area contributed by atoms with Crippen molar-refractivity contribution in [3.63, 3.8) is 0 Å². The standard InChI is InChI=1S/C11H12N2OS/c14-7-9-1-3-10(4-2-9)13-6-11-5-12-8-15-11/h1-5,8,13-14H,6-7H2. The summed E-state index contributed by atoms with van der Waals surface area (Å²) in [7, 11) is 0. The predicted octanol–water partition coefficient (Wildman–Crippen LogP) is 2.25. The van der Waals surface area contributed by atoms with Crippen molar-refractivity contribution in [3.05, 3.63) is 46.4 Å². The maximum absolute atomic E-state index is 8.88. The average molecular weight is 220 g/mol. The lowest BCUT2D eigenvalue weighted by atomic mass is 10.2. The van der Waals surface area contributed by atoms with Crippen LogP contribution in [-0.4, -0.2) is 10.1 Å². The van der Waals surface area contributed by atoms with Crippen LogP contribution in [-0.2, 0) is 13.2 Å². The molecule has 3 nitrogen and oxygen atoms in total. The SMILES string of the molecule is OCc1ccc(NCc2cncs2)cc1. The van der Waals surface area contributed by atoms with Crippen LogP contribution in [0.3, 0.4) is 0 Å². The third-order valence-electron chi connectivity index (χ3n) is 2.09. The van der Waals surface area contributed by atoms with Crippen LogP contribution in [0, 0.1) is 0 Å². The molecule has 0 aliphatic heterocycles. The van der Waals surface area contributed by atoms with E-state index in [0.29, 0.717) is 0 Å². The number of nitrogens with one attached hydrogen (secondary N) is 1. The fourth-order valence-electron chi connectivity index (χ4n) is 1.25. The number of thiazole rings is 1. The molecule has 2 N–H and O–H groups in total. The van der Waals surface area contributed by atoms with Gasteiger partial charge in [-0.3, -0.25) is 4.98 Å². The molecule has 15 heavy (non-hydrogen) atoms. The van der Waals surface area contributed by atoms with Gasteiger partial charge in [-0.2, -0.15) is 0 Å². The molecule has 0 atom stereocenters. The van der Waals surface area contributed by atoms with Gasteiger partial charge >= 0.3 is 0 Å². The Bertz CT molecular complexity index is 397. The summed E-state index contributed by atoms with van der Waals surface area (Å²) >= 11 is 1.64. The number of nitrogens with zero attached hydrogens (tertiary/aromatic N) is 1. The topological polar surface area (TPSA) is 45.1 Å². The van der Waals surface area contributed by atoms with Crippen molar-refractivity contribution in [1.29, 1.82) is 0 Å². The number of hydrogen-bond acceptors (Lipinski definition) is 4. The molecular formula is C11H12N2OS. The van der Waals surface area contributed by atoms with E-state index in [2.05, 4.69) is 10.3 Å². The highest BCUT2D eigenvalue weighted by molar-refractivity contribution is 7.09. The lowest BCUT2D eigenvalue weighted by Gasteiger charge is -2.04.